The van der Waals surface area contributed by atoms with Gasteiger partial charge in [0.2, 0.25) is 11.8 Å². The summed E-state index contributed by atoms with van der Waals surface area (Å²) in [5.41, 5.74) is 9.15. The molecule has 1 unspecified atom stereocenters. The third-order valence-corrected chi connectivity index (χ3v) is 3.76. The summed E-state index contributed by atoms with van der Waals surface area (Å²) in [5.74, 6) is -1.82. The molecular weight excluding hydrogens is 223 g/mol. The highest BCUT2D eigenvalue weighted by molar-refractivity contribution is 6.09. The van der Waals surface area contributed by atoms with Crippen LogP contribution in [0.2, 0.25) is 0 Å². The number of primary amides is 2. The first-order valence-electron chi connectivity index (χ1n) is 5.20. The van der Waals surface area contributed by atoms with Gasteiger partial charge < -0.3 is 11.5 Å². The molecule has 0 radical (unpaired) electrons. The molecule has 0 spiro atoms. The minimum absolute atomic E-state index is 0.274. The van der Waals surface area contributed by atoms with Crippen molar-refractivity contribution in [2.45, 2.75) is 18.8 Å². The maximum Gasteiger partial charge on any atom is 0.234 e. The van der Waals surface area contributed by atoms with Crippen LogP contribution in [0.15, 0.2) is 24.3 Å². The molecule has 1 aliphatic carbocycles. The van der Waals surface area contributed by atoms with Gasteiger partial charge in [0.15, 0.2) is 0 Å². The monoisotopic (exact) mass is 236 g/mol. The average molecular weight is 236 g/mol. The predicted molar refractivity (Wildman–Crippen MR) is 59.2 cm³/mol. The molecule has 0 heterocycles. The molecule has 1 saturated carbocycles. The van der Waals surface area contributed by atoms with Crippen molar-refractivity contribution in [1.82, 2.24) is 0 Å². The molecule has 0 bridgehead atoms. The molecule has 1 aliphatic rings. The van der Waals surface area contributed by atoms with E-state index in [1.54, 1.807) is 19.1 Å². The summed E-state index contributed by atoms with van der Waals surface area (Å²) in [7, 11) is 0. The van der Waals surface area contributed by atoms with Crippen LogP contribution in [-0.2, 0) is 15.0 Å². The first kappa shape index (κ1) is 11.6. The van der Waals surface area contributed by atoms with Crippen LogP contribution in [0.25, 0.3) is 0 Å². The highest BCUT2D eigenvalue weighted by Crippen LogP contribution is 2.64. The van der Waals surface area contributed by atoms with Gasteiger partial charge in [-0.3, -0.25) is 9.59 Å². The molecule has 0 saturated heterocycles. The van der Waals surface area contributed by atoms with Crippen molar-refractivity contribution in [1.29, 1.82) is 0 Å². The lowest BCUT2D eigenvalue weighted by molar-refractivity contribution is -0.134. The highest BCUT2D eigenvalue weighted by atomic mass is 19.1. The Balaban J connectivity index is 2.44. The third-order valence-electron chi connectivity index (χ3n) is 3.76. The maximum absolute atomic E-state index is 12.8. The van der Waals surface area contributed by atoms with Gasteiger partial charge in [-0.1, -0.05) is 19.1 Å². The van der Waals surface area contributed by atoms with Crippen molar-refractivity contribution < 1.29 is 14.0 Å². The fraction of sp³-hybridized carbons (Fsp3) is 0.333. The molecule has 0 aliphatic heterocycles. The molecule has 1 fully saturated rings. The second-order valence-electron chi connectivity index (χ2n) is 4.65. The van der Waals surface area contributed by atoms with E-state index in [1.807, 2.05) is 0 Å². The molecule has 2 amide bonds. The molecule has 17 heavy (non-hydrogen) atoms. The third kappa shape index (κ3) is 1.35. The predicted octanol–water partition coefficient (Wildman–Crippen LogP) is 0.444. The van der Waals surface area contributed by atoms with Gasteiger partial charge in [0.1, 0.15) is 11.2 Å². The normalized spacial score (nSPS) is 25.3. The summed E-state index contributed by atoms with van der Waals surface area (Å²) < 4.78 is 12.8. The maximum atomic E-state index is 12.8. The first-order chi connectivity index (χ1) is 7.84. The Morgan fingerprint density at radius 3 is 2.00 bits per heavy atom. The summed E-state index contributed by atoms with van der Waals surface area (Å²) in [6.07, 6.45) is 0.274. The molecule has 90 valence electrons. The van der Waals surface area contributed by atoms with Crippen molar-refractivity contribution >= 4 is 11.8 Å². The van der Waals surface area contributed by atoms with Gasteiger partial charge in [-0.2, -0.15) is 0 Å². The van der Waals surface area contributed by atoms with Crippen LogP contribution in [-0.4, -0.2) is 11.8 Å². The van der Waals surface area contributed by atoms with Gasteiger partial charge in [0, 0.05) is 5.41 Å². The van der Waals surface area contributed by atoms with E-state index in [9.17, 15) is 14.0 Å². The van der Waals surface area contributed by atoms with Crippen LogP contribution < -0.4 is 11.5 Å². The van der Waals surface area contributed by atoms with Gasteiger partial charge >= 0.3 is 0 Å². The average Bonchev–Trinajstić information content (AvgIpc) is 2.89. The summed E-state index contributed by atoms with van der Waals surface area (Å²) in [5, 5.41) is 0. The molecule has 1 aromatic carbocycles. The van der Waals surface area contributed by atoms with Crippen LogP contribution in [0.1, 0.15) is 18.9 Å². The van der Waals surface area contributed by atoms with E-state index in [0.717, 1.165) is 0 Å². The van der Waals surface area contributed by atoms with Gasteiger partial charge in [-0.25, -0.2) is 4.39 Å². The largest absolute Gasteiger partial charge is 0.369 e. The number of benzene rings is 1. The Labute approximate surface area is 97.8 Å². The van der Waals surface area contributed by atoms with E-state index in [4.69, 9.17) is 11.5 Å². The number of amides is 2. The lowest BCUT2D eigenvalue weighted by Gasteiger charge is -2.17. The van der Waals surface area contributed by atoms with Crippen molar-refractivity contribution in [2.75, 3.05) is 0 Å². The van der Waals surface area contributed by atoms with Gasteiger partial charge in [-0.05, 0) is 24.1 Å². The standard InChI is InChI=1S/C12H13FN2O2/c1-11(7-2-4-8(13)5-3-7)6-12(11,9(14)16)10(15)17/h2-5H,6H2,1H3,(H2,14,16)(H2,15,17). The van der Waals surface area contributed by atoms with E-state index >= 15 is 0 Å². The van der Waals surface area contributed by atoms with E-state index < -0.39 is 22.6 Å². The molecule has 1 aromatic rings. The van der Waals surface area contributed by atoms with Crippen molar-refractivity contribution in [3.8, 4) is 0 Å². The molecule has 2 rings (SSSR count). The van der Waals surface area contributed by atoms with Crippen LogP contribution in [0.4, 0.5) is 4.39 Å². The number of carbonyl (C=O) groups is 2. The Hall–Kier alpha value is -1.91. The molecule has 5 heteroatoms. The second kappa shape index (κ2) is 3.29. The fourth-order valence-electron chi connectivity index (χ4n) is 2.49. The minimum Gasteiger partial charge on any atom is -0.369 e. The molecule has 1 atom stereocenters. The number of nitrogens with two attached hydrogens (primary N) is 2. The summed E-state index contributed by atoms with van der Waals surface area (Å²) >= 11 is 0. The number of hydrogen-bond donors (Lipinski definition) is 2. The fourth-order valence-corrected chi connectivity index (χ4v) is 2.49. The lowest BCUT2D eigenvalue weighted by atomic mass is 9.86. The topological polar surface area (TPSA) is 86.2 Å². The van der Waals surface area contributed by atoms with Gasteiger partial charge in [0.25, 0.3) is 0 Å². The Kier molecular flexibility index (Phi) is 2.24. The van der Waals surface area contributed by atoms with Crippen LogP contribution in [0, 0.1) is 11.2 Å². The van der Waals surface area contributed by atoms with Crippen molar-refractivity contribution in [2.24, 2.45) is 16.9 Å². The van der Waals surface area contributed by atoms with Crippen molar-refractivity contribution in [3.63, 3.8) is 0 Å². The van der Waals surface area contributed by atoms with Crippen LogP contribution in [0.3, 0.4) is 0 Å². The zero-order chi connectivity index (χ0) is 12.8. The van der Waals surface area contributed by atoms with Crippen molar-refractivity contribution in [3.05, 3.63) is 35.6 Å². The quantitative estimate of drug-likeness (QED) is 0.746. The minimum atomic E-state index is -1.34. The SMILES string of the molecule is CC1(c2ccc(F)cc2)CC1(C(N)=O)C(N)=O. The number of rotatable bonds is 3. The van der Waals surface area contributed by atoms with Gasteiger partial charge in [-0.15, -0.1) is 0 Å². The number of hydrogen-bond acceptors (Lipinski definition) is 2. The van der Waals surface area contributed by atoms with E-state index in [0.29, 0.717) is 5.56 Å². The van der Waals surface area contributed by atoms with E-state index in [1.165, 1.54) is 12.1 Å². The van der Waals surface area contributed by atoms with Crippen LogP contribution >= 0.6 is 0 Å². The zero-order valence-corrected chi connectivity index (χ0v) is 9.37. The van der Waals surface area contributed by atoms with E-state index in [2.05, 4.69) is 0 Å². The van der Waals surface area contributed by atoms with E-state index in [-0.39, 0.29) is 12.2 Å². The molecule has 0 aromatic heterocycles. The molecular formula is C12H13FN2O2. The molecule has 4 N–H and O–H groups in total. The zero-order valence-electron chi connectivity index (χ0n) is 9.37. The first-order valence-corrected chi connectivity index (χ1v) is 5.20. The highest BCUT2D eigenvalue weighted by Gasteiger charge is 2.73. The number of halogens is 1. The summed E-state index contributed by atoms with van der Waals surface area (Å²) in [4.78, 5) is 22.9. The number of carbonyl (C=O) groups excluding carboxylic acids is 2. The van der Waals surface area contributed by atoms with Crippen LogP contribution in [0.5, 0.6) is 0 Å². The summed E-state index contributed by atoms with van der Waals surface area (Å²) in [6.45, 7) is 1.73. The molecule has 4 nitrogen and oxygen atoms in total. The second-order valence-corrected chi connectivity index (χ2v) is 4.65. The lowest BCUT2D eigenvalue weighted by Crippen LogP contribution is -2.42. The Morgan fingerprint density at radius 2 is 1.65 bits per heavy atom. The summed E-state index contributed by atoms with van der Waals surface area (Å²) in [6, 6.07) is 5.66. The smallest absolute Gasteiger partial charge is 0.234 e. The van der Waals surface area contributed by atoms with Gasteiger partial charge in [0.05, 0.1) is 0 Å². The Morgan fingerprint density at radius 1 is 1.18 bits per heavy atom. The Bertz CT molecular complexity index is 484.